The maximum absolute atomic E-state index is 8.97. The lowest BCUT2D eigenvalue weighted by molar-refractivity contribution is 0.141. The summed E-state index contributed by atoms with van der Waals surface area (Å²) in [7, 11) is 0. The van der Waals surface area contributed by atoms with Crippen molar-refractivity contribution in [3.63, 3.8) is 0 Å². The fourth-order valence-electron chi connectivity index (χ4n) is 2.94. The van der Waals surface area contributed by atoms with Gasteiger partial charge in [-0.05, 0) is 12.8 Å². The summed E-state index contributed by atoms with van der Waals surface area (Å²) in [5.41, 5.74) is 0. The lowest BCUT2D eigenvalue weighted by atomic mass is 10.00. The van der Waals surface area contributed by atoms with Crippen LogP contribution in [0.1, 0.15) is 83.5 Å². The molecule has 0 aliphatic carbocycles. The van der Waals surface area contributed by atoms with Crippen molar-refractivity contribution >= 4 is 0 Å². The van der Waals surface area contributed by atoms with E-state index in [1.54, 1.807) is 0 Å². The first-order chi connectivity index (χ1) is 11.3. The van der Waals surface area contributed by atoms with Crippen molar-refractivity contribution in [1.29, 1.82) is 0 Å². The maximum atomic E-state index is 8.97. The third-order valence-electron chi connectivity index (χ3n) is 4.76. The first-order valence-electron chi connectivity index (χ1n) is 9.71. The number of aliphatic hydroxyl groups excluding tert-OH is 4. The quantitative estimate of drug-likeness (QED) is 0.290. The highest BCUT2D eigenvalue weighted by Crippen LogP contribution is 2.15. The van der Waals surface area contributed by atoms with Crippen molar-refractivity contribution < 1.29 is 20.4 Å². The fourth-order valence-corrected chi connectivity index (χ4v) is 2.94. The summed E-state index contributed by atoms with van der Waals surface area (Å²) in [5.74, 6) is 0.167. The largest absolute Gasteiger partial charge is 0.396 e. The van der Waals surface area contributed by atoms with Gasteiger partial charge in [0.15, 0.2) is 0 Å². The molecule has 0 aliphatic rings. The molecule has 0 aromatic heterocycles. The third-order valence-corrected chi connectivity index (χ3v) is 4.76. The standard InChI is InChI=1S/C19H40O4/c20-14-18(15-21)12-10-8-6-4-2-1-3-5-7-9-11-13-19(16-22)17-23/h18-23H,1-17H2. The molecular weight excluding hydrogens is 292 g/mol. The normalized spacial score (nSPS) is 11.7. The predicted molar refractivity (Wildman–Crippen MR) is 95.3 cm³/mol. The van der Waals surface area contributed by atoms with Crippen LogP contribution in [0.15, 0.2) is 0 Å². The summed E-state index contributed by atoms with van der Waals surface area (Å²) >= 11 is 0. The van der Waals surface area contributed by atoms with Crippen molar-refractivity contribution in [3.05, 3.63) is 0 Å². The maximum Gasteiger partial charge on any atom is 0.0481 e. The van der Waals surface area contributed by atoms with Crippen molar-refractivity contribution in [2.75, 3.05) is 26.4 Å². The zero-order valence-electron chi connectivity index (χ0n) is 15.0. The van der Waals surface area contributed by atoms with Gasteiger partial charge in [-0.25, -0.2) is 0 Å². The molecule has 0 bridgehead atoms. The third kappa shape index (κ3) is 15.1. The molecule has 0 unspecified atom stereocenters. The van der Waals surface area contributed by atoms with Gasteiger partial charge in [-0.3, -0.25) is 0 Å². The minimum absolute atomic E-state index is 0.0834. The van der Waals surface area contributed by atoms with Crippen LogP contribution in [0.5, 0.6) is 0 Å². The van der Waals surface area contributed by atoms with Gasteiger partial charge in [-0.1, -0.05) is 70.6 Å². The van der Waals surface area contributed by atoms with Crippen molar-refractivity contribution in [2.24, 2.45) is 11.8 Å². The Kier molecular flexibility index (Phi) is 18.1. The van der Waals surface area contributed by atoms with Gasteiger partial charge in [0.2, 0.25) is 0 Å². The van der Waals surface area contributed by atoms with Crippen molar-refractivity contribution in [1.82, 2.24) is 0 Å². The topological polar surface area (TPSA) is 80.9 Å². The molecule has 0 atom stereocenters. The molecule has 0 aliphatic heterocycles. The molecule has 0 saturated carbocycles. The highest BCUT2D eigenvalue weighted by atomic mass is 16.3. The smallest absolute Gasteiger partial charge is 0.0481 e. The number of hydrogen-bond acceptors (Lipinski definition) is 4. The summed E-state index contributed by atoms with van der Waals surface area (Å²) in [4.78, 5) is 0. The average Bonchev–Trinajstić information content (AvgIpc) is 2.59. The first-order valence-corrected chi connectivity index (χ1v) is 9.71. The Morgan fingerprint density at radius 3 is 0.783 bits per heavy atom. The highest BCUT2D eigenvalue weighted by molar-refractivity contribution is 4.57. The molecule has 0 fully saturated rings. The lowest BCUT2D eigenvalue weighted by Crippen LogP contribution is -2.10. The number of hydrogen-bond donors (Lipinski definition) is 4. The molecule has 0 spiro atoms. The predicted octanol–water partition coefficient (Wildman–Crippen LogP) is 3.26. The van der Waals surface area contributed by atoms with Crippen LogP contribution in [0.3, 0.4) is 0 Å². The molecule has 0 amide bonds. The average molecular weight is 333 g/mol. The molecule has 0 heterocycles. The van der Waals surface area contributed by atoms with Gasteiger partial charge in [0.1, 0.15) is 0 Å². The van der Waals surface area contributed by atoms with E-state index < -0.39 is 0 Å². The van der Waals surface area contributed by atoms with Crippen LogP contribution in [-0.4, -0.2) is 46.9 Å². The lowest BCUT2D eigenvalue weighted by Gasteiger charge is -2.10. The summed E-state index contributed by atoms with van der Waals surface area (Å²) in [5, 5.41) is 35.9. The molecule has 4 N–H and O–H groups in total. The van der Waals surface area contributed by atoms with Gasteiger partial charge in [0.25, 0.3) is 0 Å². The van der Waals surface area contributed by atoms with Crippen molar-refractivity contribution in [2.45, 2.75) is 83.5 Å². The van der Waals surface area contributed by atoms with Crippen LogP contribution >= 0.6 is 0 Å². The highest BCUT2D eigenvalue weighted by Gasteiger charge is 2.05. The Labute approximate surface area is 142 Å². The van der Waals surface area contributed by atoms with E-state index in [1.807, 2.05) is 0 Å². The molecule has 0 aromatic carbocycles. The summed E-state index contributed by atoms with van der Waals surface area (Å²) in [6, 6.07) is 0. The van der Waals surface area contributed by atoms with Crippen LogP contribution in [0, 0.1) is 11.8 Å². The Hall–Kier alpha value is -0.160. The van der Waals surface area contributed by atoms with Gasteiger partial charge in [0.05, 0.1) is 0 Å². The van der Waals surface area contributed by atoms with Gasteiger partial charge in [0, 0.05) is 38.3 Å². The van der Waals surface area contributed by atoms with Crippen molar-refractivity contribution in [3.8, 4) is 0 Å². The van der Waals surface area contributed by atoms with Gasteiger partial charge < -0.3 is 20.4 Å². The second kappa shape index (κ2) is 18.2. The minimum atomic E-state index is 0.0834. The summed E-state index contributed by atoms with van der Waals surface area (Å²) in [6.45, 7) is 0.433. The summed E-state index contributed by atoms with van der Waals surface area (Å²) in [6.07, 6.45) is 15.7. The summed E-state index contributed by atoms with van der Waals surface area (Å²) < 4.78 is 0. The zero-order chi connectivity index (χ0) is 17.2. The second-order valence-electron chi connectivity index (χ2n) is 6.93. The first kappa shape index (κ1) is 22.8. The molecule has 23 heavy (non-hydrogen) atoms. The van der Waals surface area contributed by atoms with Gasteiger partial charge in [-0.15, -0.1) is 0 Å². The van der Waals surface area contributed by atoms with E-state index >= 15 is 0 Å². The molecule has 0 rings (SSSR count). The molecule has 4 heteroatoms. The van der Waals surface area contributed by atoms with E-state index in [1.165, 1.54) is 57.8 Å². The van der Waals surface area contributed by atoms with Gasteiger partial charge in [-0.2, -0.15) is 0 Å². The number of rotatable bonds is 18. The van der Waals surface area contributed by atoms with E-state index in [9.17, 15) is 0 Å². The fraction of sp³-hybridized carbons (Fsp3) is 1.00. The van der Waals surface area contributed by atoms with Gasteiger partial charge >= 0.3 is 0 Å². The monoisotopic (exact) mass is 332 g/mol. The second-order valence-corrected chi connectivity index (χ2v) is 6.93. The van der Waals surface area contributed by atoms with Crippen LogP contribution in [0.4, 0.5) is 0 Å². The molecular formula is C19H40O4. The van der Waals surface area contributed by atoms with E-state index in [0.29, 0.717) is 0 Å². The van der Waals surface area contributed by atoms with E-state index in [-0.39, 0.29) is 38.3 Å². The number of aliphatic hydroxyl groups is 4. The Morgan fingerprint density at radius 2 is 0.565 bits per heavy atom. The molecule has 0 radical (unpaired) electrons. The molecule has 140 valence electrons. The Balaban J connectivity index is 3.13. The SMILES string of the molecule is OCC(CO)CCCCCCCCCCCCCC(CO)CO. The minimum Gasteiger partial charge on any atom is -0.396 e. The Bertz CT molecular complexity index is 193. The molecule has 4 nitrogen and oxygen atoms in total. The van der Waals surface area contributed by atoms with Crippen LogP contribution in [-0.2, 0) is 0 Å². The Morgan fingerprint density at radius 1 is 0.348 bits per heavy atom. The van der Waals surface area contributed by atoms with E-state index in [4.69, 9.17) is 20.4 Å². The number of unbranched alkanes of at least 4 members (excludes halogenated alkanes) is 10. The van der Waals surface area contributed by atoms with Crippen LogP contribution < -0.4 is 0 Å². The molecule has 0 saturated heterocycles. The van der Waals surface area contributed by atoms with Crippen LogP contribution in [0.2, 0.25) is 0 Å². The van der Waals surface area contributed by atoms with E-state index in [0.717, 1.165) is 25.7 Å². The molecule has 0 aromatic rings. The van der Waals surface area contributed by atoms with Crippen LogP contribution in [0.25, 0.3) is 0 Å². The zero-order valence-corrected chi connectivity index (χ0v) is 15.0. The van der Waals surface area contributed by atoms with E-state index in [2.05, 4.69) is 0 Å².